The van der Waals surface area contributed by atoms with Crippen LogP contribution in [0.15, 0.2) is 12.2 Å². The van der Waals surface area contributed by atoms with Crippen molar-refractivity contribution < 1.29 is 35.9 Å². The number of sulfonamides is 1. The van der Waals surface area contributed by atoms with Gasteiger partial charge in [-0.25, -0.2) is 9.52 Å². The fourth-order valence-electron chi connectivity index (χ4n) is 0.780. The molecule has 0 aliphatic carbocycles. The highest BCUT2D eigenvalue weighted by atomic mass is 32.2. The zero-order chi connectivity index (χ0) is 15.3. The van der Waals surface area contributed by atoms with E-state index in [0.29, 0.717) is 0 Å². The molecule has 0 aliphatic rings. The van der Waals surface area contributed by atoms with Gasteiger partial charge in [-0.05, 0) is 13.3 Å². The van der Waals surface area contributed by atoms with Gasteiger partial charge in [-0.2, -0.15) is 21.6 Å². The van der Waals surface area contributed by atoms with Crippen molar-refractivity contribution in [2.75, 3.05) is 6.61 Å². The lowest BCUT2D eigenvalue weighted by Crippen LogP contribution is -2.40. The number of amides is 1. The monoisotopic (exact) mass is 303 g/mol. The maximum atomic E-state index is 11.9. The van der Waals surface area contributed by atoms with Gasteiger partial charge in [-0.1, -0.05) is 6.58 Å². The van der Waals surface area contributed by atoms with E-state index in [1.165, 1.54) is 6.92 Å². The molecule has 0 saturated carbocycles. The maximum absolute atomic E-state index is 11.9. The molecular formula is C9H12F3NO5S. The normalized spacial score (nSPS) is 11.8. The van der Waals surface area contributed by atoms with Gasteiger partial charge < -0.3 is 4.74 Å². The first-order valence-corrected chi connectivity index (χ1v) is 6.40. The predicted molar refractivity (Wildman–Crippen MR) is 58.1 cm³/mol. The first-order valence-electron chi connectivity index (χ1n) is 4.92. The number of esters is 1. The number of rotatable bonds is 6. The summed E-state index contributed by atoms with van der Waals surface area (Å²) in [4.78, 5) is 21.8. The molecule has 19 heavy (non-hydrogen) atoms. The third-order valence-corrected chi connectivity index (χ3v) is 2.79. The molecule has 110 valence electrons. The van der Waals surface area contributed by atoms with E-state index in [4.69, 9.17) is 0 Å². The van der Waals surface area contributed by atoms with Crippen LogP contribution in [0.3, 0.4) is 0 Å². The number of halogens is 3. The van der Waals surface area contributed by atoms with Gasteiger partial charge in [-0.3, -0.25) is 4.79 Å². The van der Waals surface area contributed by atoms with E-state index < -0.39 is 33.8 Å². The van der Waals surface area contributed by atoms with Crippen molar-refractivity contribution >= 4 is 21.9 Å². The average Bonchev–Trinajstić information content (AvgIpc) is 2.21. The molecule has 1 N–H and O–H groups in total. The van der Waals surface area contributed by atoms with E-state index in [-0.39, 0.29) is 18.6 Å². The summed E-state index contributed by atoms with van der Waals surface area (Å²) in [6, 6.07) is 0. The Balaban J connectivity index is 4.09. The molecule has 0 heterocycles. The number of ether oxygens (including phenoxy) is 1. The number of hydrogen-bond donors (Lipinski definition) is 1. The molecular weight excluding hydrogens is 291 g/mol. The van der Waals surface area contributed by atoms with Crippen molar-refractivity contribution in [1.82, 2.24) is 4.72 Å². The van der Waals surface area contributed by atoms with Crippen LogP contribution in [0.4, 0.5) is 13.2 Å². The second-order valence-electron chi connectivity index (χ2n) is 3.49. The van der Waals surface area contributed by atoms with Crippen LogP contribution in [0.5, 0.6) is 0 Å². The second kappa shape index (κ2) is 6.55. The van der Waals surface area contributed by atoms with E-state index in [1.54, 1.807) is 0 Å². The summed E-state index contributed by atoms with van der Waals surface area (Å²) in [5, 5.41) is 0. The van der Waals surface area contributed by atoms with E-state index in [1.807, 2.05) is 0 Å². The van der Waals surface area contributed by atoms with Crippen LogP contribution >= 0.6 is 0 Å². The molecule has 0 aromatic rings. The van der Waals surface area contributed by atoms with Crippen LogP contribution in [0.2, 0.25) is 0 Å². The highest BCUT2D eigenvalue weighted by Crippen LogP contribution is 2.21. The number of carbonyl (C=O) groups excluding carboxylic acids is 2. The van der Waals surface area contributed by atoms with Crippen LogP contribution in [0.25, 0.3) is 0 Å². The average molecular weight is 303 g/mol. The van der Waals surface area contributed by atoms with Crippen LogP contribution in [-0.4, -0.2) is 32.4 Å². The molecule has 0 bridgehead atoms. The Morgan fingerprint density at radius 3 is 2.26 bits per heavy atom. The fraction of sp³-hybridized carbons (Fsp3) is 0.556. The van der Waals surface area contributed by atoms with Crippen LogP contribution < -0.4 is 4.72 Å². The number of nitrogens with one attached hydrogen (secondary N) is 1. The van der Waals surface area contributed by atoms with Crippen LogP contribution in [-0.2, 0) is 24.3 Å². The van der Waals surface area contributed by atoms with Gasteiger partial charge in [0.1, 0.15) is 0 Å². The minimum atomic E-state index is -5.69. The molecule has 0 aromatic carbocycles. The van der Waals surface area contributed by atoms with E-state index in [0.717, 1.165) is 4.72 Å². The third-order valence-electron chi connectivity index (χ3n) is 1.68. The molecule has 0 radical (unpaired) electrons. The number of carbonyl (C=O) groups is 2. The smallest absolute Gasteiger partial charge is 0.462 e. The molecule has 0 unspecified atom stereocenters. The van der Waals surface area contributed by atoms with Crippen molar-refractivity contribution in [2.24, 2.45) is 0 Å². The lowest BCUT2D eigenvalue weighted by Gasteiger charge is -2.09. The van der Waals surface area contributed by atoms with Gasteiger partial charge >= 0.3 is 21.5 Å². The highest BCUT2D eigenvalue weighted by molar-refractivity contribution is 7.90. The van der Waals surface area contributed by atoms with Crippen LogP contribution in [0.1, 0.15) is 19.8 Å². The van der Waals surface area contributed by atoms with E-state index in [2.05, 4.69) is 11.3 Å². The van der Waals surface area contributed by atoms with E-state index in [9.17, 15) is 31.2 Å². The molecule has 0 rings (SSSR count). The molecule has 0 aromatic heterocycles. The Hall–Kier alpha value is -1.58. The van der Waals surface area contributed by atoms with Gasteiger partial charge in [0.05, 0.1) is 6.61 Å². The number of alkyl halides is 3. The fourth-order valence-corrected chi connectivity index (χ4v) is 1.30. The number of hydrogen-bond acceptors (Lipinski definition) is 5. The summed E-state index contributed by atoms with van der Waals surface area (Å²) in [6.45, 7) is 4.45. The lowest BCUT2D eigenvalue weighted by atomic mass is 10.3. The van der Waals surface area contributed by atoms with Crippen LogP contribution in [0, 0.1) is 0 Å². The quantitative estimate of drug-likeness (QED) is 0.446. The highest BCUT2D eigenvalue weighted by Gasteiger charge is 2.46. The first-order chi connectivity index (χ1) is 8.47. The topological polar surface area (TPSA) is 89.5 Å². The molecule has 0 saturated heterocycles. The summed E-state index contributed by atoms with van der Waals surface area (Å²) < 4.78 is 62.2. The van der Waals surface area contributed by atoms with Gasteiger partial charge in [0.2, 0.25) is 5.91 Å². The minimum Gasteiger partial charge on any atom is -0.462 e. The van der Waals surface area contributed by atoms with Crippen molar-refractivity contribution in [3.63, 3.8) is 0 Å². The van der Waals surface area contributed by atoms with Crippen molar-refractivity contribution in [1.29, 1.82) is 0 Å². The Labute approximate surface area is 107 Å². The summed E-state index contributed by atoms with van der Waals surface area (Å²) in [5.74, 6) is -2.04. The Kier molecular flexibility index (Phi) is 6.00. The predicted octanol–water partition coefficient (Wildman–Crippen LogP) is 0.852. The Morgan fingerprint density at radius 2 is 1.84 bits per heavy atom. The molecule has 1 amide bonds. The molecule has 0 spiro atoms. The largest absolute Gasteiger partial charge is 0.516 e. The summed E-state index contributed by atoms with van der Waals surface area (Å²) in [6.07, 6.45) is -0.642. The van der Waals surface area contributed by atoms with Crippen molar-refractivity contribution in [3.8, 4) is 0 Å². The summed E-state index contributed by atoms with van der Waals surface area (Å²) in [5.41, 5.74) is -5.42. The summed E-state index contributed by atoms with van der Waals surface area (Å²) in [7, 11) is -5.69. The third kappa shape index (κ3) is 6.22. The van der Waals surface area contributed by atoms with Crippen molar-refractivity contribution in [2.45, 2.75) is 25.3 Å². The van der Waals surface area contributed by atoms with Gasteiger partial charge in [0.15, 0.2) is 0 Å². The Bertz CT molecular complexity index is 469. The SMILES string of the molecule is C=C(C)C(=O)OCCCC(=O)NS(=O)(=O)C(F)(F)F. The molecule has 0 aliphatic heterocycles. The zero-order valence-corrected chi connectivity index (χ0v) is 10.7. The van der Waals surface area contributed by atoms with Gasteiger partial charge in [-0.15, -0.1) is 0 Å². The first kappa shape index (κ1) is 17.4. The standard InChI is InChI=1S/C9H12F3NO5S/c1-6(2)8(15)18-5-3-4-7(14)13-19(16,17)9(10,11)12/h1,3-5H2,2H3,(H,13,14). The molecule has 10 heteroatoms. The molecule has 0 atom stereocenters. The zero-order valence-electron chi connectivity index (χ0n) is 9.91. The van der Waals surface area contributed by atoms with E-state index >= 15 is 0 Å². The molecule has 6 nitrogen and oxygen atoms in total. The second-order valence-corrected chi connectivity index (χ2v) is 5.17. The summed E-state index contributed by atoms with van der Waals surface area (Å²) >= 11 is 0. The Morgan fingerprint density at radius 1 is 1.32 bits per heavy atom. The van der Waals surface area contributed by atoms with Gasteiger partial charge in [0, 0.05) is 12.0 Å². The minimum absolute atomic E-state index is 0.113. The maximum Gasteiger partial charge on any atom is 0.516 e. The molecule has 0 fully saturated rings. The van der Waals surface area contributed by atoms with Gasteiger partial charge in [0.25, 0.3) is 0 Å². The van der Waals surface area contributed by atoms with Crippen molar-refractivity contribution in [3.05, 3.63) is 12.2 Å². The lowest BCUT2D eigenvalue weighted by molar-refractivity contribution is -0.139.